The minimum Gasteiger partial charge on any atom is -0.494 e. The lowest BCUT2D eigenvalue weighted by Crippen LogP contribution is -1.98. The molecular weight excluding hydrogens is 387 g/mol. The summed E-state index contributed by atoms with van der Waals surface area (Å²) in [5.41, 5.74) is 4.46. The fraction of sp³-hybridized carbons (Fsp3) is 0.167. The van der Waals surface area contributed by atoms with Gasteiger partial charge in [-0.05, 0) is 77.9 Å². The highest BCUT2D eigenvalue weighted by Crippen LogP contribution is 2.27. The van der Waals surface area contributed by atoms with E-state index in [0.717, 1.165) is 17.1 Å². The smallest absolute Gasteiger partial charge is 0.119 e. The molecule has 0 saturated heterocycles. The van der Waals surface area contributed by atoms with Crippen molar-refractivity contribution in [3.8, 4) is 22.6 Å². The highest BCUT2D eigenvalue weighted by Gasteiger charge is 2.07. The van der Waals surface area contributed by atoms with Crippen molar-refractivity contribution in [1.82, 2.24) is 9.78 Å². The third-order valence-electron chi connectivity index (χ3n) is 3.41. The van der Waals surface area contributed by atoms with Gasteiger partial charge in [0.1, 0.15) is 5.75 Å². The molecule has 3 nitrogen and oxygen atoms in total. The minimum atomic E-state index is 0.686. The number of nitrogens with zero attached hydrogens (tertiary/aromatic N) is 2. The van der Waals surface area contributed by atoms with Crippen LogP contribution in [-0.2, 0) is 0 Å². The van der Waals surface area contributed by atoms with E-state index >= 15 is 0 Å². The molecule has 1 aromatic heterocycles. The Labute approximate surface area is 144 Å². The summed E-state index contributed by atoms with van der Waals surface area (Å²) in [7, 11) is 0. The highest BCUT2D eigenvalue weighted by molar-refractivity contribution is 14.1. The number of hydrogen-bond acceptors (Lipinski definition) is 2. The molecule has 22 heavy (non-hydrogen) atoms. The molecule has 0 aliphatic rings. The number of aryl methyl sites for hydroxylation is 1. The SMILES string of the molecule is CCOc1ccc(-c2ccc(I)c(-n3ccc(C)n3)c2)cc1. The molecule has 3 aromatic rings. The zero-order chi connectivity index (χ0) is 15.5. The summed E-state index contributed by atoms with van der Waals surface area (Å²) in [6, 6.07) is 16.6. The topological polar surface area (TPSA) is 27.1 Å². The Morgan fingerprint density at radius 1 is 1.05 bits per heavy atom. The van der Waals surface area contributed by atoms with Crippen molar-refractivity contribution in [1.29, 1.82) is 0 Å². The van der Waals surface area contributed by atoms with E-state index in [-0.39, 0.29) is 0 Å². The summed E-state index contributed by atoms with van der Waals surface area (Å²) in [6.45, 7) is 4.68. The van der Waals surface area contributed by atoms with Gasteiger partial charge in [-0.2, -0.15) is 5.10 Å². The number of ether oxygens (including phenoxy) is 1. The monoisotopic (exact) mass is 404 g/mol. The van der Waals surface area contributed by atoms with E-state index in [1.165, 1.54) is 14.7 Å². The summed E-state index contributed by atoms with van der Waals surface area (Å²) in [6.07, 6.45) is 1.99. The van der Waals surface area contributed by atoms with Crippen molar-refractivity contribution in [2.24, 2.45) is 0 Å². The largest absolute Gasteiger partial charge is 0.494 e. The van der Waals surface area contributed by atoms with E-state index in [0.29, 0.717) is 6.61 Å². The first-order chi connectivity index (χ1) is 10.7. The maximum absolute atomic E-state index is 5.50. The molecule has 0 bridgehead atoms. The van der Waals surface area contributed by atoms with Crippen LogP contribution in [0.4, 0.5) is 0 Å². The third-order valence-corrected chi connectivity index (χ3v) is 4.33. The van der Waals surface area contributed by atoms with Crippen molar-refractivity contribution in [3.05, 3.63) is 64.0 Å². The molecule has 0 radical (unpaired) electrons. The van der Waals surface area contributed by atoms with Gasteiger partial charge in [0.2, 0.25) is 0 Å². The van der Waals surface area contributed by atoms with E-state index in [2.05, 4.69) is 58.0 Å². The lowest BCUT2D eigenvalue weighted by molar-refractivity contribution is 0.340. The number of halogens is 1. The second-order valence-electron chi connectivity index (χ2n) is 5.03. The Hall–Kier alpha value is -1.82. The zero-order valence-electron chi connectivity index (χ0n) is 12.6. The molecule has 112 valence electrons. The molecule has 0 unspecified atom stereocenters. The minimum absolute atomic E-state index is 0.686. The van der Waals surface area contributed by atoms with Crippen LogP contribution in [0.1, 0.15) is 12.6 Å². The molecule has 0 spiro atoms. The van der Waals surface area contributed by atoms with Gasteiger partial charge in [-0.15, -0.1) is 0 Å². The quantitative estimate of drug-likeness (QED) is 0.582. The number of hydrogen-bond donors (Lipinski definition) is 0. The van der Waals surface area contributed by atoms with Crippen molar-refractivity contribution in [2.45, 2.75) is 13.8 Å². The number of aromatic nitrogens is 2. The maximum atomic E-state index is 5.50. The van der Waals surface area contributed by atoms with Crippen LogP contribution in [-0.4, -0.2) is 16.4 Å². The first kappa shape index (κ1) is 15.1. The Bertz CT molecular complexity index is 778. The van der Waals surface area contributed by atoms with Crippen molar-refractivity contribution in [2.75, 3.05) is 6.61 Å². The van der Waals surface area contributed by atoms with Crippen LogP contribution in [0.3, 0.4) is 0 Å². The maximum Gasteiger partial charge on any atom is 0.119 e. The summed E-state index contributed by atoms with van der Waals surface area (Å²) in [4.78, 5) is 0. The first-order valence-corrected chi connectivity index (χ1v) is 8.30. The Morgan fingerprint density at radius 3 is 2.41 bits per heavy atom. The summed E-state index contributed by atoms with van der Waals surface area (Å²) < 4.78 is 8.60. The summed E-state index contributed by atoms with van der Waals surface area (Å²) >= 11 is 2.34. The van der Waals surface area contributed by atoms with E-state index in [4.69, 9.17) is 4.74 Å². The molecule has 1 heterocycles. The lowest BCUT2D eigenvalue weighted by Gasteiger charge is -2.09. The van der Waals surface area contributed by atoms with Crippen molar-refractivity contribution >= 4 is 22.6 Å². The van der Waals surface area contributed by atoms with Gasteiger partial charge >= 0.3 is 0 Å². The van der Waals surface area contributed by atoms with Crippen LogP contribution in [0.5, 0.6) is 5.75 Å². The van der Waals surface area contributed by atoms with Crippen molar-refractivity contribution < 1.29 is 4.74 Å². The van der Waals surface area contributed by atoms with Gasteiger partial charge < -0.3 is 4.74 Å². The van der Waals surface area contributed by atoms with E-state index in [1.54, 1.807) is 0 Å². The molecule has 4 heteroatoms. The molecule has 0 N–H and O–H groups in total. The fourth-order valence-corrected chi connectivity index (χ4v) is 2.91. The van der Waals surface area contributed by atoms with E-state index in [1.807, 2.05) is 42.9 Å². The van der Waals surface area contributed by atoms with Gasteiger partial charge in [-0.1, -0.05) is 18.2 Å². The van der Waals surface area contributed by atoms with Crippen LogP contribution in [0, 0.1) is 10.5 Å². The number of benzene rings is 2. The van der Waals surface area contributed by atoms with E-state index in [9.17, 15) is 0 Å². The van der Waals surface area contributed by atoms with Gasteiger partial charge in [0, 0.05) is 9.77 Å². The molecule has 2 aromatic carbocycles. The average Bonchev–Trinajstić information content (AvgIpc) is 2.95. The summed E-state index contributed by atoms with van der Waals surface area (Å²) in [5.74, 6) is 0.902. The second-order valence-corrected chi connectivity index (χ2v) is 6.19. The van der Waals surface area contributed by atoms with Gasteiger partial charge in [0.25, 0.3) is 0 Å². The summed E-state index contributed by atoms with van der Waals surface area (Å²) in [5, 5.41) is 4.51. The zero-order valence-corrected chi connectivity index (χ0v) is 14.7. The lowest BCUT2D eigenvalue weighted by atomic mass is 10.1. The molecule has 3 rings (SSSR count). The third kappa shape index (κ3) is 3.16. The highest BCUT2D eigenvalue weighted by atomic mass is 127. The Balaban J connectivity index is 1.98. The van der Waals surface area contributed by atoms with Gasteiger partial charge in [0.05, 0.1) is 18.0 Å². The molecular formula is C18H17IN2O. The first-order valence-electron chi connectivity index (χ1n) is 7.23. The second kappa shape index (κ2) is 6.52. The molecule has 0 aliphatic heterocycles. The van der Waals surface area contributed by atoms with Crippen LogP contribution in [0.2, 0.25) is 0 Å². The molecule has 0 saturated carbocycles. The van der Waals surface area contributed by atoms with Crippen LogP contribution >= 0.6 is 22.6 Å². The molecule has 0 aliphatic carbocycles. The van der Waals surface area contributed by atoms with Gasteiger partial charge in [0.15, 0.2) is 0 Å². The molecule has 0 fully saturated rings. The predicted octanol–water partition coefficient (Wildman–Crippen LogP) is 4.85. The average molecular weight is 404 g/mol. The van der Waals surface area contributed by atoms with E-state index < -0.39 is 0 Å². The molecule has 0 amide bonds. The predicted molar refractivity (Wildman–Crippen MR) is 97.6 cm³/mol. The standard InChI is InChI=1S/C18H17IN2O/c1-3-22-16-7-4-14(5-8-16)15-6-9-17(19)18(12-15)21-11-10-13(2)20-21/h4-12H,3H2,1-2H3. The Morgan fingerprint density at radius 2 is 1.77 bits per heavy atom. The van der Waals surface area contributed by atoms with Crippen LogP contribution in [0.15, 0.2) is 54.7 Å². The Kier molecular flexibility index (Phi) is 4.47. The molecule has 0 atom stereocenters. The normalized spacial score (nSPS) is 10.7. The fourth-order valence-electron chi connectivity index (χ4n) is 2.33. The van der Waals surface area contributed by atoms with Gasteiger partial charge in [-0.25, -0.2) is 4.68 Å². The van der Waals surface area contributed by atoms with Crippen LogP contribution in [0.25, 0.3) is 16.8 Å². The van der Waals surface area contributed by atoms with Crippen molar-refractivity contribution in [3.63, 3.8) is 0 Å². The number of rotatable bonds is 4. The van der Waals surface area contributed by atoms with Gasteiger partial charge in [-0.3, -0.25) is 0 Å². The van der Waals surface area contributed by atoms with Crippen LogP contribution < -0.4 is 4.74 Å².